The van der Waals surface area contributed by atoms with Gasteiger partial charge in [0.2, 0.25) is 0 Å². The lowest BCUT2D eigenvalue weighted by Crippen LogP contribution is -2.39. The molecule has 36 heavy (non-hydrogen) atoms. The van der Waals surface area contributed by atoms with Crippen molar-refractivity contribution in [2.45, 2.75) is 19.4 Å². The number of aryl methyl sites for hydroxylation is 1. The summed E-state index contributed by atoms with van der Waals surface area (Å²) in [5, 5.41) is 14.8. The fourth-order valence-corrected chi connectivity index (χ4v) is 4.49. The monoisotopic (exact) mass is 483 g/mol. The number of carbonyl (C=O) groups is 1. The third-order valence-corrected chi connectivity index (χ3v) is 6.35. The Morgan fingerprint density at radius 3 is 2.72 bits per heavy atom. The van der Waals surface area contributed by atoms with Crippen molar-refractivity contribution in [3.05, 3.63) is 95.4 Å². The van der Waals surface area contributed by atoms with Crippen LogP contribution in [-0.4, -0.2) is 40.7 Å². The highest BCUT2D eigenvalue weighted by Crippen LogP contribution is 2.29. The van der Waals surface area contributed by atoms with Gasteiger partial charge in [0.15, 0.2) is 11.6 Å². The quantitative estimate of drug-likeness (QED) is 0.298. The average Bonchev–Trinajstić information content (AvgIpc) is 3.30. The summed E-state index contributed by atoms with van der Waals surface area (Å²) in [6.07, 6.45) is 2.37. The molecule has 182 valence electrons. The largest absolute Gasteiger partial charge is 0.494 e. The van der Waals surface area contributed by atoms with Crippen molar-refractivity contribution in [1.82, 2.24) is 15.3 Å². The maximum atomic E-state index is 14.4. The summed E-state index contributed by atoms with van der Waals surface area (Å²) < 4.78 is 19.4. The molecular weight excluding hydrogens is 457 g/mol. The number of halogens is 1. The Bertz CT molecular complexity index is 1580. The van der Waals surface area contributed by atoms with Gasteiger partial charge in [-0.15, -0.1) is 0 Å². The number of rotatable bonds is 7. The van der Waals surface area contributed by atoms with E-state index in [4.69, 9.17) is 4.74 Å². The van der Waals surface area contributed by atoms with Gasteiger partial charge in [0, 0.05) is 28.0 Å². The number of aromatic amines is 1. The first-order valence-corrected chi connectivity index (χ1v) is 11.7. The third-order valence-electron chi connectivity index (χ3n) is 6.35. The number of hydrogen-bond acceptors (Lipinski definition) is 4. The predicted molar refractivity (Wildman–Crippen MR) is 139 cm³/mol. The number of para-hydroxylation sites is 1. The van der Waals surface area contributed by atoms with Crippen LogP contribution < -0.4 is 10.1 Å². The molecule has 6 nitrogen and oxygen atoms in total. The molecule has 0 radical (unpaired) electrons. The maximum absolute atomic E-state index is 14.4. The predicted octanol–water partition coefficient (Wildman–Crippen LogP) is 5.17. The summed E-state index contributed by atoms with van der Waals surface area (Å²) in [5.41, 5.74) is 5.03. The number of carbonyl (C=O) groups excluding carboxylic acids is 1. The number of pyridine rings is 1. The molecule has 0 fully saturated rings. The van der Waals surface area contributed by atoms with Crippen molar-refractivity contribution in [3.8, 4) is 17.0 Å². The molecule has 0 saturated heterocycles. The molecule has 1 atom stereocenters. The number of fused-ring (bicyclic) bond motifs is 2. The van der Waals surface area contributed by atoms with Crippen molar-refractivity contribution >= 4 is 27.7 Å². The summed E-state index contributed by atoms with van der Waals surface area (Å²) in [4.78, 5) is 21.4. The van der Waals surface area contributed by atoms with Gasteiger partial charge in [0.05, 0.1) is 36.5 Å². The number of ether oxygens (including phenoxy) is 1. The highest BCUT2D eigenvalue weighted by molar-refractivity contribution is 6.07. The number of H-pyrrole nitrogens is 1. The van der Waals surface area contributed by atoms with Crippen LogP contribution in [0.5, 0.6) is 5.75 Å². The molecule has 2 heterocycles. The molecule has 3 N–H and O–H groups in total. The van der Waals surface area contributed by atoms with Gasteiger partial charge in [-0.2, -0.15) is 0 Å². The minimum Gasteiger partial charge on any atom is -0.494 e. The highest BCUT2D eigenvalue weighted by Gasteiger charge is 2.20. The van der Waals surface area contributed by atoms with E-state index in [0.717, 1.165) is 22.0 Å². The van der Waals surface area contributed by atoms with Crippen LogP contribution in [-0.2, 0) is 6.42 Å². The van der Waals surface area contributed by atoms with Crippen molar-refractivity contribution < 1.29 is 19.0 Å². The Kier molecular flexibility index (Phi) is 6.40. The van der Waals surface area contributed by atoms with Gasteiger partial charge in [0.25, 0.3) is 5.91 Å². The topological polar surface area (TPSA) is 87.2 Å². The number of aromatic nitrogens is 2. The molecule has 0 unspecified atom stereocenters. The van der Waals surface area contributed by atoms with Crippen LogP contribution in [0.3, 0.4) is 0 Å². The van der Waals surface area contributed by atoms with E-state index in [1.54, 1.807) is 12.1 Å². The maximum Gasteiger partial charge on any atom is 0.252 e. The molecule has 0 aliphatic heterocycles. The second-order valence-corrected chi connectivity index (χ2v) is 8.84. The smallest absolute Gasteiger partial charge is 0.252 e. The van der Waals surface area contributed by atoms with E-state index >= 15 is 0 Å². The molecule has 3 aromatic carbocycles. The zero-order valence-corrected chi connectivity index (χ0v) is 20.0. The number of aliphatic hydroxyl groups excluding tert-OH is 1. The number of amides is 1. The summed E-state index contributed by atoms with van der Waals surface area (Å²) in [6.45, 7) is 1.73. The van der Waals surface area contributed by atoms with Crippen molar-refractivity contribution in [2.24, 2.45) is 0 Å². The molecule has 5 rings (SSSR count). The lowest BCUT2D eigenvalue weighted by atomic mass is 10.0. The first kappa shape index (κ1) is 23.5. The number of aliphatic hydroxyl groups is 1. The molecule has 0 aliphatic rings. The number of nitrogens with one attached hydrogen (secondary N) is 2. The van der Waals surface area contributed by atoms with Gasteiger partial charge in [0.1, 0.15) is 0 Å². The Morgan fingerprint density at radius 2 is 1.94 bits per heavy atom. The van der Waals surface area contributed by atoms with Gasteiger partial charge >= 0.3 is 0 Å². The van der Waals surface area contributed by atoms with E-state index < -0.39 is 11.9 Å². The SMILES string of the molecule is COc1ccc(-c2cc(C(=O)N[C@@H](CO)Cc3c[nH]c4ccccc34)c3cc(C)ccc3n2)cc1F. The molecule has 0 bridgehead atoms. The van der Waals surface area contributed by atoms with Crippen molar-refractivity contribution in [3.63, 3.8) is 0 Å². The molecule has 0 spiro atoms. The Labute approximate surface area is 207 Å². The Balaban J connectivity index is 1.50. The van der Waals surface area contributed by atoms with E-state index in [9.17, 15) is 14.3 Å². The van der Waals surface area contributed by atoms with Crippen LogP contribution in [0.1, 0.15) is 21.5 Å². The lowest BCUT2D eigenvalue weighted by molar-refractivity contribution is 0.0918. The zero-order valence-electron chi connectivity index (χ0n) is 20.0. The van der Waals surface area contributed by atoms with E-state index in [0.29, 0.717) is 34.1 Å². The molecule has 2 aromatic heterocycles. The third kappa shape index (κ3) is 4.53. The van der Waals surface area contributed by atoms with E-state index in [1.807, 2.05) is 55.6 Å². The number of methoxy groups -OCH3 is 1. The van der Waals surface area contributed by atoms with Crippen LogP contribution in [0, 0.1) is 12.7 Å². The van der Waals surface area contributed by atoms with Gasteiger partial charge in [-0.05, 0) is 61.4 Å². The average molecular weight is 484 g/mol. The summed E-state index contributed by atoms with van der Waals surface area (Å²) >= 11 is 0. The minimum absolute atomic E-state index is 0.135. The van der Waals surface area contributed by atoms with Crippen LogP contribution in [0.4, 0.5) is 4.39 Å². The van der Waals surface area contributed by atoms with Crippen LogP contribution in [0.2, 0.25) is 0 Å². The van der Waals surface area contributed by atoms with Crippen molar-refractivity contribution in [1.29, 1.82) is 0 Å². The molecule has 0 aliphatic carbocycles. The van der Waals surface area contributed by atoms with Crippen LogP contribution in [0.15, 0.2) is 72.9 Å². The standard InChI is InChI=1S/C29H26FN3O3/c1-17-7-9-26-22(11-17)23(14-27(33-26)18-8-10-28(36-2)24(30)13-18)29(35)32-20(16-34)12-19-15-31-25-6-4-3-5-21(19)25/h3-11,13-15,20,31,34H,12,16H2,1-2H3,(H,32,35)/t20-/m1/s1. The fourth-order valence-electron chi connectivity index (χ4n) is 4.49. The Hall–Kier alpha value is -4.23. The lowest BCUT2D eigenvalue weighted by Gasteiger charge is -2.18. The van der Waals surface area contributed by atoms with Gasteiger partial charge < -0.3 is 20.1 Å². The van der Waals surface area contributed by atoms with Crippen LogP contribution in [0.25, 0.3) is 33.1 Å². The summed E-state index contributed by atoms with van der Waals surface area (Å²) in [5.74, 6) is -0.704. The number of nitrogens with zero attached hydrogens (tertiary/aromatic N) is 1. The Morgan fingerprint density at radius 1 is 1.11 bits per heavy atom. The summed E-state index contributed by atoms with van der Waals surface area (Å²) in [7, 11) is 1.41. The first-order valence-electron chi connectivity index (χ1n) is 11.7. The normalized spacial score (nSPS) is 12.1. The van der Waals surface area contributed by atoms with Gasteiger partial charge in [-0.25, -0.2) is 9.37 Å². The summed E-state index contributed by atoms with van der Waals surface area (Å²) in [6, 6.07) is 19.3. The molecule has 1 amide bonds. The fraction of sp³-hybridized carbons (Fsp3) is 0.172. The van der Waals surface area contributed by atoms with Crippen molar-refractivity contribution in [2.75, 3.05) is 13.7 Å². The number of benzene rings is 3. The minimum atomic E-state index is -0.508. The molecular formula is C29H26FN3O3. The van der Waals surface area contributed by atoms with Gasteiger partial charge in [-0.3, -0.25) is 4.79 Å². The molecule has 5 aromatic rings. The number of hydrogen-bond donors (Lipinski definition) is 3. The van der Waals surface area contributed by atoms with E-state index in [-0.39, 0.29) is 18.3 Å². The highest BCUT2D eigenvalue weighted by atomic mass is 19.1. The van der Waals surface area contributed by atoms with E-state index in [1.165, 1.54) is 19.2 Å². The van der Waals surface area contributed by atoms with E-state index in [2.05, 4.69) is 15.3 Å². The van der Waals surface area contributed by atoms with Gasteiger partial charge in [-0.1, -0.05) is 29.8 Å². The van der Waals surface area contributed by atoms with Crippen LogP contribution >= 0.6 is 0 Å². The second-order valence-electron chi connectivity index (χ2n) is 8.84. The molecule has 0 saturated carbocycles. The second kappa shape index (κ2) is 9.79. The first-order chi connectivity index (χ1) is 17.5. The molecule has 7 heteroatoms. The zero-order chi connectivity index (χ0) is 25.2.